The van der Waals surface area contributed by atoms with Gasteiger partial charge in [0.25, 0.3) is 0 Å². The molecule has 17 heavy (non-hydrogen) atoms. The minimum absolute atomic E-state index is 0.0604. The van der Waals surface area contributed by atoms with Crippen LogP contribution in [0.2, 0.25) is 0 Å². The zero-order chi connectivity index (χ0) is 12.3. The molecule has 0 aliphatic rings. The van der Waals surface area contributed by atoms with Crippen molar-refractivity contribution in [1.82, 2.24) is 4.98 Å². The molecule has 1 aromatic carbocycles. The highest BCUT2D eigenvalue weighted by molar-refractivity contribution is 7.09. The number of benzene rings is 1. The normalized spacial score (nSPS) is 12.4. The predicted molar refractivity (Wildman–Crippen MR) is 70.2 cm³/mol. The molecule has 1 atom stereocenters. The van der Waals surface area contributed by atoms with Crippen molar-refractivity contribution in [2.24, 2.45) is 5.73 Å². The van der Waals surface area contributed by atoms with Crippen molar-refractivity contribution in [3.63, 3.8) is 0 Å². The lowest BCUT2D eigenvalue weighted by atomic mass is 10.1. The Morgan fingerprint density at radius 3 is 2.59 bits per heavy atom. The summed E-state index contributed by atoms with van der Waals surface area (Å²) in [7, 11) is 0. The second-order valence-corrected chi connectivity index (χ2v) is 5.07. The fourth-order valence-electron chi connectivity index (χ4n) is 1.50. The van der Waals surface area contributed by atoms with Gasteiger partial charge in [-0.3, -0.25) is 0 Å². The first-order chi connectivity index (χ1) is 8.15. The number of ether oxygens (including phenoxy) is 1. The van der Waals surface area contributed by atoms with E-state index < -0.39 is 0 Å². The molecule has 1 aromatic heterocycles. The summed E-state index contributed by atoms with van der Waals surface area (Å²) in [5.74, 6) is 0.847. The second-order valence-electron chi connectivity index (χ2n) is 4.00. The summed E-state index contributed by atoms with van der Waals surface area (Å²) in [5.41, 5.74) is 7.87. The molecule has 0 bridgehead atoms. The van der Waals surface area contributed by atoms with Gasteiger partial charge in [-0.05, 0) is 31.5 Å². The summed E-state index contributed by atoms with van der Waals surface area (Å²) in [6, 6.07) is 7.93. The number of hydrogen-bond acceptors (Lipinski definition) is 4. The van der Waals surface area contributed by atoms with Crippen LogP contribution in [0.1, 0.15) is 29.2 Å². The first-order valence-corrected chi connectivity index (χ1v) is 6.42. The SMILES string of the molecule is Cc1nc(COc2ccc([C@@H](C)N)cc2)cs1. The monoisotopic (exact) mass is 248 g/mol. The van der Waals surface area contributed by atoms with Crippen LogP contribution >= 0.6 is 11.3 Å². The van der Waals surface area contributed by atoms with Gasteiger partial charge in [0.2, 0.25) is 0 Å². The molecule has 0 saturated heterocycles. The van der Waals surface area contributed by atoms with Crippen molar-refractivity contribution in [1.29, 1.82) is 0 Å². The maximum atomic E-state index is 5.78. The van der Waals surface area contributed by atoms with Gasteiger partial charge < -0.3 is 10.5 Å². The van der Waals surface area contributed by atoms with E-state index in [9.17, 15) is 0 Å². The maximum absolute atomic E-state index is 5.78. The Hall–Kier alpha value is -1.39. The third kappa shape index (κ3) is 3.28. The third-order valence-corrected chi connectivity index (χ3v) is 3.28. The number of nitrogens with two attached hydrogens (primary N) is 1. The Labute approximate surface area is 105 Å². The number of thiazole rings is 1. The number of aryl methyl sites for hydroxylation is 1. The standard InChI is InChI=1S/C13H16N2OS/c1-9(14)11-3-5-13(6-4-11)16-7-12-8-17-10(2)15-12/h3-6,8-9H,7,14H2,1-2H3/t9-/m1/s1. The fourth-order valence-corrected chi connectivity index (χ4v) is 2.10. The Morgan fingerprint density at radius 1 is 1.35 bits per heavy atom. The van der Waals surface area contributed by atoms with Crippen molar-refractivity contribution < 1.29 is 4.74 Å². The minimum atomic E-state index is 0.0604. The van der Waals surface area contributed by atoms with Crippen LogP contribution in [-0.4, -0.2) is 4.98 Å². The summed E-state index contributed by atoms with van der Waals surface area (Å²) < 4.78 is 5.64. The van der Waals surface area contributed by atoms with Gasteiger partial charge in [-0.25, -0.2) is 4.98 Å². The molecule has 0 spiro atoms. The first kappa shape index (κ1) is 12.1. The van der Waals surface area contributed by atoms with Crippen LogP contribution in [0.5, 0.6) is 5.75 Å². The van der Waals surface area contributed by atoms with Gasteiger partial charge in [0.1, 0.15) is 12.4 Å². The van der Waals surface area contributed by atoms with Crippen molar-refractivity contribution in [2.75, 3.05) is 0 Å². The molecule has 0 radical (unpaired) electrons. The molecular weight excluding hydrogens is 232 g/mol. The summed E-state index contributed by atoms with van der Waals surface area (Å²) in [6.07, 6.45) is 0. The highest BCUT2D eigenvalue weighted by atomic mass is 32.1. The third-order valence-electron chi connectivity index (χ3n) is 2.46. The lowest BCUT2D eigenvalue weighted by Gasteiger charge is -2.07. The van der Waals surface area contributed by atoms with E-state index in [-0.39, 0.29) is 6.04 Å². The van der Waals surface area contributed by atoms with Gasteiger partial charge in [0.15, 0.2) is 0 Å². The van der Waals surface area contributed by atoms with Gasteiger partial charge in [-0.2, -0.15) is 0 Å². The lowest BCUT2D eigenvalue weighted by molar-refractivity contribution is 0.302. The van der Waals surface area contributed by atoms with Gasteiger partial charge in [0.05, 0.1) is 10.7 Å². The zero-order valence-electron chi connectivity index (χ0n) is 10.0. The molecule has 1 heterocycles. The molecular formula is C13H16N2OS. The molecule has 0 aliphatic heterocycles. The fraction of sp³-hybridized carbons (Fsp3) is 0.308. The number of aromatic nitrogens is 1. The maximum Gasteiger partial charge on any atom is 0.131 e. The van der Waals surface area contributed by atoms with E-state index in [2.05, 4.69) is 4.98 Å². The molecule has 4 heteroatoms. The van der Waals surface area contributed by atoms with E-state index in [1.807, 2.05) is 43.5 Å². The quantitative estimate of drug-likeness (QED) is 0.904. The van der Waals surface area contributed by atoms with Gasteiger partial charge in [-0.15, -0.1) is 11.3 Å². The number of nitrogens with zero attached hydrogens (tertiary/aromatic N) is 1. The van der Waals surface area contributed by atoms with Crippen LogP contribution in [0, 0.1) is 6.92 Å². The molecule has 3 nitrogen and oxygen atoms in total. The molecule has 0 saturated carbocycles. The van der Waals surface area contributed by atoms with Crippen LogP contribution in [0.25, 0.3) is 0 Å². The van der Waals surface area contributed by atoms with Gasteiger partial charge in [0, 0.05) is 11.4 Å². The zero-order valence-corrected chi connectivity index (χ0v) is 10.8. The highest BCUT2D eigenvalue weighted by Gasteiger charge is 2.01. The summed E-state index contributed by atoms with van der Waals surface area (Å²) in [6.45, 7) is 4.47. The average Bonchev–Trinajstić information content (AvgIpc) is 2.73. The molecule has 2 N–H and O–H groups in total. The van der Waals surface area contributed by atoms with Crippen molar-refractivity contribution in [3.8, 4) is 5.75 Å². The minimum Gasteiger partial charge on any atom is -0.487 e. The van der Waals surface area contributed by atoms with Crippen LogP contribution < -0.4 is 10.5 Å². The molecule has 0 aliphatic carbocycles. The van der Waals surface area contributed by atoms with Crippen molar-refractivity contribution in [3.05, 3.63) is 45.9 Å². The molecule has 90 valence electrons. The molecule has 0 amide bonds. The largest absolute Gasteiger partial charge is 0.487 e. The van der Waals surface area contributed by atoms with E-state index in [0.717, 1.165) is 22.0 Å². The summed E-state index contributed by atoms with van der Waals surface area (Å²) in [4.78, 5) is 4.35. The molecule has 0 unspecified atom stereocenters. The van der Waals surface area contributed by atoms with Gasteiger partial charge >= 0.3 is 0 Å². The van der Waals surface area contributed by atoms with Crippen LogP contribution in [0.3, 0.4) is 0 Å². The Morgan fingerprint density at radius 2 is 2.06 bits per heavy atom. The Bertz CT molecular complexity index is 476. The number of hydrogen-bond donors (Lipinski definition) is 1. The van der Waals surface area contributed by atoms with Crippen molar-refractivity contribution >= 4 is 11.3 Å². The molecule has 2 aromatic rings. The van der Waals surface area contributed by atoms with E-state index in [4.69, 9.17) is 10.5 Å². The van der Waals surface area contributed by atoms with Crippen molar-refractivity contribution in [2.45, 2.75) is 26.5 Å². The number of rotatable bonds is 4. The van der Waals surface area contributed by atoms with Crippen LogP contribution in [0.15, 0.2) is 29.6 Å². The van der Waals surface area contributed by atoms with Crippen LogP contribution in [-0.2, 0) is 6.61 Å². The lowest BCUT2D eigenvalue weighted by Crippen LogP contribution is -2.04. The Kier molecular flexibility index (Phi) is 3.76. The molecule has 0 fully saturated rings. The Balaban J connectivity index is 1.95. The topological polar surface area (TPSA) is 48.1 Å². The summed E-state index contributed by atoms with van der Waals surface area (Å²) in [5, 5.41) is 3.09. The summed E-state index contributed by atoms with van der Waals surface area (Å²) >= 11 is 1.64. The first-order valence-electron chi connectivity index (χ1n) is 5.54. The van der Waals surface area contributed by atoms with E-state index in [1.165, 1.54) is 0 Å². The highest BCUT2D eigenvalue weighted by Crippen LogP contribution is 2.17. The average molecular weight is 248 g/mol. The smallest absolute Gasteiger partial charge is 0.131 e. The predicted octanol–water partition coefficient (Wildman–Crippen LogP) is 3.05. The van der Waals surface area contributed by atoms with Gasteiger partial charge in [-0.1, -0.05) is 12.1 Å². The van der Waals surface area contributed by atoms with E-state index in [1.54, 1.807) is 11.3 Å². The van der Waals surface area contributed by atoms with E-state index >= 15 is 0 Å². The van der Waals surface area contributed by atoms with Crippen LogP contribution in [0.4, 0.5) is 0 Å². The molecule has 2 rings (SSSR count). The van der Waals surface area contributed by atoms with E-state index in [0.29, 0.717) is 6.61 Å². The second kappa shape index (κ2) is 5.29.